The molecule has 4 heterocycles. The number of anilines is 1. The Kier molecular flexibility index (Phi) is 12.1. The Labute approximate surface area is 320 Å². The van der Waals surface area contributed by atoms with Crippen molar-refractivity contribution in [3.05, 3.63) is 64.1 Å². The fourth-order valence-corrected chi connectivity index (χ4v) is 9.47. The Morgan fingerprint density at radius 1 is 0.870 bits per heavy atom. The number of thioether (sulfide) groups is 2. The summed E-state index contributed by atoms with van der Waals surface area (Å²) in [5.74, 6) is -4.91. The number of carboxylic acids is 3. The second-order valence-electron chi connectivity index (χ2n) is 11.2. The van der Waals surface area contributed by atoms with Crippen LogP contribution in [-0.2, 0) is 42.4 Å². The van der Waals surface area contributed by atoms with Gasteiger partial charge in [0.05, 0.1) is 30.7 Å². The van der Waals surface area contributed by atoms with Gasteiger partial charge in [0.1, 0.15) is 33.5 Å². The molecule has 0 unspecified atom stereocenters. The van der Waals surface area contributed by atoms with Gasteiger partial charge in [-0.3, -0.25) is 47.4 Å². The molecule has 2 aliphatic rings. The minimum absolute atomic E-state index is 0.121. The number of methoxy groups -OCH3 is 2. The lowest BCUT2D eigenvalue weighted by molar-refractivity contribution is -0.140. The largest absolute Gasteiger partial charge is 0.493 e. The number of allylic oxidation sites excluding steroid dienone is 1. The van der Waals surface area contributed by atoms with Crippen molar-refractivity contribution >= 4 is 102 Å². The van der Waals surface area contributed by atoms with Crippen LogP contribution in [0.4, 0.5) is 5.69 Å². The number of aliphatic carboxylic acids is 3. The Bertz CT molecular complexity index is 2590. The summed E-state index contributed by atoms with van der Waals surface area (Å²) >= 11 is 7.54. The molecule has 0 atom stereocenters. The monoisotopic (exact) mass is 844 g/mol. The minimum atomic E-state index is -4.20. The number of hydrogen-bond donors (Lipinski definition) is 4. The molecule has 4 N–H and O–H groups in total. The molecular formula is C30H28N4O15S5. The molecule has 1 aromatic carbocycles. The number of thiazole rings is 1. The van der Waals surface area contributed by atoms with Gasteiger partial charge in [-0.1, -0.05) is 35.7 Å². The lowest BCUT2D eigenvalue weighted by Crippen LogP contribution is -2.35. The number of carbonyl (C=O) groups excluding carboxylic acids is 1. The molecule has 0 radical (unpaired) electrons. The quantitative estimate of drug-likeness (QED) is 0.0952. The van der Waals surface area contributed by atoms with Gasteiger partial charge in [0.2, 0.25) is 5.55 Å². The molecule has 0 spiro atoms. The van der Waals surface area contributed by atoms with E-state index >= 15 is 0 Å². The third-order valence-electron chi connectivity index (χ3n) is 7.56. The molecule has 24 heteroatoms. The summed E-state index contributed by atoms with van der Waals surface area (Å²) in [6.07, 6.45) is 3.14. The summed E-state index contributed by atoms with van der Waals surface area (Å²) in [5.41, 5.74) is -2.34. The van der Waals surface area contributed by atoms with E-state index in [0.717, 1.165) is 4.90 Å². The molecule has 288 valence electrons. The maximum absolute atomic E-state index is 13.7. The second-order valence-corrected chi connectivity index (χ2v) is 16.4. The van der Waals surface area contributed by atoms with Gasteiger partial charge in [-0.15, -0.1) is 11.3 Å². The number of unbranched alkanes of at least 4 members (excludes halogenated alkanes) is 1. The molecule has 1 saturated heterocycles. The molecule has 1 fully saturated rings. The Morgan fingerprint density at radius 3 is 2.11 bits per heavy atom. The van der Waals surface area contributed by atoms with E-state index < -0.39 is 85.9 Å². The lowest BCUT2D eigenvalue weighted by Gasteiger charge is -2.21. The molecule has 5 rings (SSSR count). The van der Waals surface area contributed by atoms with Gasteiger partial charge in [0, 0.05) is 23.6 Å². The normalized spacial score (nSPS) is 17.1. The number of aromatic nitrogens is 2. The highest BCUT2D eigenvalue weighted by atomic mass is 32.2. The van der Waals surface area contributed by atoms with Gasteiger partial charge >= 0.3 is 17.9 Å². The summed E-state index contributed by atoms with van der Waals surface area (Å²) in [4.78, 5) is 78.5. The van der Waals surface area contributed by atoms with Crippen molar-refractivity contribution in [1.82, 2.24) is 14.0 Å². The highest BCUT2D eigenvalue weighted by Crippen LogP contribution is 2.50. The maximum atomic E-state index is 13.7. The van der Waals surface area contributed by atoms with Crippen molar-refractivity contribution in [1.29, 1.82) is 0 Å². The molecule has 0 bridgehead atoms. The lowest BCUT2D eigenvalue weighted by atomic mass is 10.2. The number of amides is 1. The van der Waals surface area contributed by atoms with Crippen LogP contribution in [0.3, 0.4) is 0 Å². The molecule has 0 aliphatic carbocycles. The Hall–Kier alpha value is -4.88. The number of thiocarbonyl (C=S) groups is 1. The highest BCUT2D eigenvalue weighted by Gasteiger charge is 2.36. The number of hydrogen-bond acceptors (Lipinski definition) is 16. The van der Waals surface area contributed by atoms with Crippen molar-refractivity contribution in [3.8, 4) is 11.5 Å². The summed E-state index contributed by atoms with van der Waals surface area (Å²) in [7, 11) is -1.29. The standard InChI is InChI=1S/C30H28N4O15S5/c1-47-16-9-14-18(10-17(16)48-2)51-19(31(14)7-3-4-8-54(44,45)46)6-5-15-25(41)32(11-20(35)36)28(49-15)23-26(42)33(12-21(37)38)29(52-23)24-27(43)34(13-22(39)40)30(50)53-24/h5-6,9-10H,3-4,7-8,11-13H2,1-2H3,(H,35,36)(H,37,38)(H,39,40)(H,44,45,46)/b15-5?,19-6?,28-23+,29-24+. The van der Waals surface area contributed by atoms with Crippen LogP contribution >= 0.6 is 47.1 Å². The van der Waals surface area contributed by atoms with Crippen LogP contribution in [0.1, 0.15) is 12.8 Å². The number of fused-ring (bicyclic) bond motifs is 1. The number of benzene rings is 1. The Morgan fingerprint density at radius 2 is 1.50 bits per heavy atom. The first-order valence-electron chi connectivity index (χ1n) is 15.2. The molecule has 19 nitrogen and oxygen atoms in total. The predicted octanol–water partition coefficient (Wildman–Crippen LogP) is 0.0932. The molecule has 2 aromatic heterocycles. The van der Waals surface area contributed by atoms with Crippen LogP contribution in [0.2, 0.25) is 0 Å². The number of ether oxygens (including phenoxy) is 2. The van der Waals surface area contributed by atoms with Crippen molar-refractivity contribution < 1.29 is 61.4 Å². The highest BCUT2D eigenvalue weighted by molar-refractivity contribution is 8.30. The molecule has 1 amide bonds. The van der Waals surface area contributed by atoms with E-state index in [2.05, 4.69) is 0 Å². The Balaban J connectivity index is 1.72. The molecule has 3 aromatic rings. The second kappa shape index (κ2) is 16.2. The van der Waals surface area contributed by atoms with Crippen LogP contribution in [0.5, 0.6) is 11.5 Å². The smallest absolute Gasteiger partial charge is 0.323 e. The number of rotatable bonds is 14. The van der Waals surface area contributed by atoms with E-state index in [1.54, 1.807) is 17.0 Å². The first kappa shape index (κ1) is 40.3. The summed E-state index contributed by atoms with van der Waals surface area (Å²) in [6, 6.07) is 3.41. The third kappa shape index (κ3) is 8.57. The zero-order chi connectivity index (χ0) is 39.6. The van der Waals surface area contributed by atoms with Crippen LogP contribution in [-0.4, -0.2) is 104 Å². The fourth-order valence-electron chi connectivity index (χ4n) is 5.26. The van der Waals surface area contributed by atoms with Gasteiger partial charge in [-0.2, -0.15) is 8.42 Å². The number of carboxylic acid groups (broad SMARTS) is 3. The van der Waals surface area contributed by atoms with Crippen molar-refractivity contribution in [3.63, 3.8) is 0 Å². The predicted molar refractivity (Wildman–Crippen MR) is 198 cm³/mol. The van der Waals surface area contributed by atoms with Gasteiger partial charge in [0.25, 0.3) is 27.1 Å². The summed E-state index contributed by atoms with van der Waals surface area (Å²) in [5, 5.41) is 28.9. The number of oxazole rings is 1. The topological polar surface area (TPSA) is 265 Å². The first-order valence-corrected chi connectivity index (χ1v) is 19.7. The SMILES string of the molecule is COc1cc2c(cc1OC)N(CCCCS(=O)(=O)O)C(=CC=c1o/c(=c3/s/c(=C4/SC(=S)N(CC(=O)O)C4=O)n(CC(=O)O)c3=O)n(CC(=O)O)c1=O)S2. The summed E-state index contributed by atoms with van der Waals surface area (Å²) in [6.45, 7) is -2.49. The summed E-state index contributed by atoms with van der Waals surface area (Å²) < 4.78 is 48.9. The maximum Gasteiger partial charge on any atom is 0.323 e. The van der Waals surface area contributed by atoms with E-state index in [1.807, 2.05) is 0 Å². The van der Waals surface area contributed by atoms with E-state index in [9.17, 15) is 57.1 Å². The number of carbonyl (C=O) groups is 4. The average Bonchev–Trinajstić information content (AvgIpc) is 3.78. The van der Waals surface area contributed by atoms with Crippen LogP contribution in [0, 0.1) is 10.1 Å². The zero-order valence-corrected chi connectivity index (χ0v) is 32.0. The fraction of sp³-hybridized carbons (Fsp3) is 0.300. The van der Waals surface area contributed by atoms with Crippen molar-refractivity contribution in [2.45, 2.75) is 30.8 Å². The first-order chi connectivity index (χ1) is 25.4. The van der Waals surface area contributed by atoms with E-state index in [1.165, 1.54) is 38.1 Å². The van der Waals surface area contributed by atoms with Crippen LogP contribution in [0.15, 0.2) is 42.1 Å². The van der Waals surface area contributed by atoms with Crippen molar-refractivity contribution in [2.24, 2.45) is 0 Å². The van der Waals surface area contributed by atoms with Gasteiger partial charge in [-0.05, 0) is 25.0 Å². The third-order valence-corrected chi connectivity index (χ3v) is 12.2. The van der Waals surface area contributed by atoms with Crippen molar-refractivity contribution in [2.75, 3.05) is 38.0 Å². The average molecular weight is 845 g/mol. The molecular weight excluding hydrogens is 817 g/mol. The zero-order valence-electron chi connectivity index (χ0n) is 27.9. The van der Waals surface area contributed by atoms with Gasteiger partial charge in [0.15, 0.2) is 21.4 Å². The molecule has 2 aliphatic heterocycles. The van der Waals surface area contributed by atoms with Crippen LogP contribution in [0.25, 0.3) is 11.0 Å². The van der Waals surface area contributed by atoms with Gasteiger partial charge < -0.3 is 34.1 Å². The molecule has 0 saturated carbocycles. The van der Waals surface area contributed by atoms with Gasteiger partial charge in [-0.25, -0.2) is 0 Å². The van der Waals surface area contributed by atoms with E-state index in [0.29, 0.717) is 65.8 Å². The van der Waals surface area contributed by atoms with E-state index in [-0.39, 0.29) is 26.9 Å². The van der Waals surface area contributed by atoms with Crippen LogP contribution < -0.4 is 35.6 Å². The molecule has 54 heavy (non-hydrogen) atoms. The van der Waals surface area contributed by atoms with E-state index in [4.69, 9.17) is 26.1 Å². The number of nitrogens with zero attached hydrogens (tertiary/aromatic N) is 4. The minimum Gasteiger partial charge on any atom is -0.493 e.